The molecule has 0 aromatic rings. The highest BCUT2D eigenvalue weighted by atomic mass is 16.6. The molecule has 120 valence electrons. The topological polar surface area (TPSA) is 113 Å². The second kappa shape index (κ2) is 3.55. The SMILES string of the molecule is C[C@H]1C=C[C@]2(O)[C@@]13C[C@@H](OC(=O)[C@@H]3O)[C@]1(O)C(=O)OC[C@]21C. The van der Waals surface area contributed by atoms with Crippen LogP contribution in [0, 0.1) is 16.7 Å². The number of rotatable bonds is 0. The van der Waals surface area contributed by atoms with E-state index >= 15 is 0 Å². The van der Waals surface area contributed by atoms with Gasteiger partial charge >= 0.3 is 11.9 Å². The van der Waals surface area contributed by atoms with Crippen LogP contribution in [0.1, 0.15) is 20.3 Å². The largest absolute Gasteiger partial charge is 0.463 e. The normalized spacial score (nSPS) is 58.9. The quantitative estimate of drug-likeness (QED) is 0.384. The van der Waals surface area contributed by atoms with E-state index in [2.05, 4.69) is 0 Å². The summed E-state index contributed by atoms with van der Waals surface area (Å²) in [6.07, 6.45) is 0.509. The van der Waals surface area contributed by atoms with Gasteiger partial charge in [0.2, 0.25) is 5.60 Å². The molecule has 0 unspecified atom stereocenters. The first-order valence-corrected chi connectivity index (χ1v) is 7.35. The number of carbonyl (C=O) groups excluding carboxylic acids is 2. The molecule has 0 amide bonds. The lowest BCUT2D eigenvalue weighted by molar-refractivity contribution is -0.310. The van der Waals surface area contributed by atoms with Crippen LogP contribution in [0.5, 0.6) is 0 Å². The highest BCUT2D eigenvalue weighted by molar-refractivity contribution is 5.87. The van der Waals surface area contributed by atoms with Crippen LogP contribution in [0.3, 0.4) is 0 Å². The molecule has 2 bridgehead atoms. The van der Waals surface area contributed by atoms with Crippen molar-refractivity contribution in [2.75, 3.05) is 6.61 Å². The number of aliphatic hydroxyl groups is 3. The van der Waals surface area contributed by atoms with Gasteiger partial charge in [-0.25, -0.2) is 9.59 Å². The predicted molar refractivity (Wildman–Crippen MR) is 70.2 cm³/mol. The summed E-state index contributed by atoms with van der Waals surface area (Å²) in [5.41, 5.74) is -6.53. The minimum Gasteiger partial charge on any atom is -0.463 e. The van der Waals surface area contributed by atoms with E-state index in [4.69, 9.17) is 9.47 Å². The summed E-state index contributed by atoms with van der Waals surface area (Å²) in [5.74, 6) is -2.15. The Kier molecular flexibility index (Phi) is 2.29. The molecular weight excluding hydrogens is 292 g/mol. The van der Waals surface area contributed by atoms with Gasteiger partial charge in [0.05, 0.1) is 5.41 Å². The molecule has 7 heteroatoms. The molecule has 4 rings (SSSR count). The molecule has 0 aromatic heterocycles. The van der Waals surface area contributed by atoms with Crippen molar-refractivity contribution in [2.24, 2.45) is 16.7 Å². The van der Waals surface area contributed by atoms with Crippen molar-refractivity contribution in [1.82, 2.24) is 0 Å². The van der Waals surface area contributed by atoms with Crippen LogP contribution >= 0.6 is 0 Å². The first-order valence-electron chi connectivity index (χ1n) is 7.35. The minimum absolute atomic E-state index is 0.00817. The Morgan fingerprint density at radius 3 is 2.68 bits per heavy atom. The average molecular weight is 310 g/mol. The van der Waals surface area contributed by atoms with Gasteiger partial charge in [-0.05, 0) is 12.8 Å². The second-order valence-corrected chi connectivity index (χ2v) is 7.16. The maximum Gasteiger partial charge on any atom is 0.342 e. The Morgan fingerprint density at radius 2 is 2.00 bits per heavy atom. The monoisotopic (exact) mass is 310 g/mol. The predicted octanol–water partition coefficient (Wildman–Crippen LogP) is -1.11. The Labute approximate surface area is 126 Å². The maximum absolute atomic E-state index is 12.2. The van der Waals surface area contributed by atoms with E-state index in [1.54, 1.807) is 13.0 Å². The molecule has 0 radical (unpaired) electrons. The van der Waals surface area contributed by atoms with Crippen molar-refractivity contribution in [2.45, 2.75) is 43.7 Å². The summed E-state index contributed by atoms with van der Waals surface area (Å²) < 4.78 is 10.2. The van der Waals surface area contributed by atoms with E-state index in [1.165, 1.54) is 13.0 Å². The van der Waals surface area contributed by atoms with E-state index in [0.717, 1.165) is 0 Å². The lowest BCUT2D eigenvalue weighted by atomic mass is 9.44. The van der Waals surface area contributed by atoms with Crippen LogP contribution in [0.25, 0.3) is 0 Å². The molecule has 22 heavy (non-hydrogen) atoms. The molecule has 2 saturated heterocycles. The fourth-order valence-corrected chi connectivity index (χ4v) is 5.10. The van der Waals surface area contributed by atoms with E-state index in [9.17, 15) is 24.9 Å². The molecule has 1 saturated carbocycles. The van der Waals surface area contributed by atoms with Gasteiger partial charge in [-0.1, -0.05) is 19.1 Å². The first kappa shape index (κ1) is 14.2. The summed E-state index contributed by atoms with van der Waals surface area (Å²) in [6, 6.07) is 0. The Morgan fingerprint density at radius 1 is 1.32 bits per heavy atom. The van der Waals surface area contributed by atoms with E-state index < -0.39 is 46.2 Å². The fourth-order valence-electron chi connectivity index (χ4n) is 5.10. The Balaban J connectivity index is 2.03. The minimum atomic E-state index is -2.13. The van der Waals surface area contributed by atoms with Gasteiger partial charge in [-0.15, -0.1) is 0 Å². The average Bonchev–Trinajstić information content (AvgIpc) is 2.87. The molecule has 2 aliphatic heterocycles. The van der Waals surface area contributed by atoms with Gasteiger partial charge in [0, 0.05) is 11.8 Å². The summed E-state index contributed by atoms with van der Waals surface area (Å²) in [4.78, 5) is 24.3. The number of hydrogen-bond donors (Lipinski definition) is 3. The Bertz CT molecular complexity index is 629. The van der Waals surface area contributed by atoms with Crippen LogP contribution in [-0.2, 0) is 19.1 Å². The summed E-state index contributed by atoms with van der Waals surface area (Å²) in [5, 5.41) is 32.9. The van der Waals surface area contributed by atoms with Gasteiger partial charge in [0.15, 0.2) is 6.10 Å². The number of carbonyl (C=O) groups is 2. The molecule has 2 heterocycles. The van der Waals surface area contributed by atoms with Crippen molar-refractivity contribution in [3.8, 4) is 0 Å². The smallest absolute Gasteiger partial charge is 0.342 e. The molecule has 7 nitrogen and oxygen atoms in total. The van der Waals surface area contributed by atoms with Crippen molar-refractivity contribution >= 4 is 11.9 Å². The van der Waals surface area contributed by atoms with Gasteiger partial charge in [-0.3, -0.25) is 0 Å². The summed E-state index contributed by atoms with van der Waals surface area (Å²) >= 11 is 0. The summed E-state index contributed by atoms with van der Waals surface area (Å²) in [7, 11) is 0. The number of aliphatic hydroxyl groups excluding tert-OH is 1. The van der Waals surface area contributed by atoms with E-state index in [1.807, 2.05) is 0 Å². The van der Waals surface area contributed by atoms with Crippen LogP contribution < -0.4 is 0 Å². The van der Waals surface area contributed by atoms with Crippen LogP contribution in [0.15, 0.2) is 12.2 Å². The molecule has 0 aromatic carbocycles. The van der Waals surface area contributed by atoms with Gasteiger partial charge in [0.1, 0.15) is 18.3 Å². The zero-order valence-electron chi connectivity index (χ0n) is 12.3. The summed E-state index contributed by atoms with van der Waals surface area (Å²) in [6.45, 7) is 3.12. The molecule has 1 spiro atoms. The highest BCUT2D eigenvalue weighted by Gasteiger charge is 2.84. The number of fused-ring (bicyclic) bond motifs is 4. The maximum atomic E-state index is 12.2. The number of allylic oxidation sites excluding steroid dienone is 1. The van der Waals surface area contributed by atoms with E-state index in [0.29, 0.717) is 0 Å². The van der Waals surface area contributed by atoms with Gasteiger partial charge < -0.3 is 24.8 Å². The van der Waals surface area contributed by atoms with Crippen molar-refractivity contribution in [1.29, 1.82) is 0 Å². The number of esters is 2. The lowest BCUT2D eigenvalue weighted by Crippen LogP contribution is -2.80. The molecule has 2 aliphatic carbocycles. The fraction of sp³-hybridized carbons (Fsp3) is 0.733. The molecular formula is C15H18O7. The van der Waals surface area contributed by atoms with Crippen LogP contribution in [-0.4, -0.2) is 57.3 Å². The third-order valence-corrected chi connectivity index (χ3v) is 6.59. The number of hydrogen-bond acceptors (Lipinski definition) is 7. The number of ether oxygens (including phenoxy) is 2. The zero-order valence-corrected chi connectivity index (χ0v) is 12.3. The lowest BCUT2D eigenvalue weighted by Gasteiger charge is -2.64. The Hall–Kier alpha value is -1.44. The van der Waals surface area contributed by atoms with Crippen molar-refractivity contribution in [3.05, 3.63) is 12.2 Å². The molecule has 3 N–H and O–H groups in total. The van der Waals surface area contributed by atoms with Crippen molar-refractivity contribution in [3.63, 3.8) is 0 Å². The third-order valence-electron chi connectivity index (χ3n) is 6.59. The molecule has 3 fully saturated rings. The van der Waals surface area contributed by atoms with Gasteiger partial charge in [0.25, 0.3) is 0 Å². The van der Waals surface area contributed by atoms with Gasteiger partial charge in [-0.2, -0.15) is 0 Å². The first-order chi connectivity index (χ1) is 10.1. The van der Waals surface area contributed by atoms with E-state index in [-0.39, 0.29) is 18.9 Å². The van der Waals surface area contributed by atoms with Crippen molar-refractivity contribution < 1.29 is 34.4 Å². The zero-order chi connectivity index (χ0) is 16.1. The molecule has 7 atom stereocenters. The molecule has 4 aliphatic rings. The number of cyclic esters (lactones) is 1. The second-order valence-electron chi connectivity index (χ2n) is 7.16. The standard InChI is InChI=1S/C15H18O7/c1-7-3-4-14(19)12(2)6-21-11(18)15(12,20)8-5-13(7,14)9(16)10(17)22-8/h3-4,7-9,16,19-20H,5-6H2,1-2H3/t7-,8+,9-,12+,13-,14+,15-/m0/s1. The van der Waals surface area contributed by atoms with Crippen LogP contribution in [0.4, 0.5) is 0 Å². The van der Waals surface area contributed by atoms with Crippen LogP contribution in [0.2, 0.25) is 0 Å². The third kappa shape index (κ3) is 1.03. The highest BCUT2D eigenvalue weighted by Crippen LogP contribution is 2.69.